The van der Waals surface area contributed by atoms with Crippen molar-refractivity contribution in [3.8, 4) is 0 Å². The standard InChI is InChI=1S/C13H16F4O2/c1-12(2,3)11(19)10(18)7-4-5-9(14)8(6-7)13(15,16)17/h4-6,10-11,18-19H,1-3H3. The Morgan fingerprint density at radius 1 is 1.05 bits per heavy atom. The van der Waals surface area contributed by atoms with Crippen molar-refractivity contribution in [1.29, 1.82) is 0 Å². The lowest BCUT2D eigenvalue weighted by atomic mass is 9.83. The molecule has 0 spiro atoms. The van der Waals surface area contributed by atoms with Crippen molar-refractivity contribution in [3.05, 3.63) is 35.1 Å². The molecule has 0 aliphatic rings. The summed E-state index contributed by atoms with van der Waals surface area (Å²) in [4.78, 5) is 0. The van der Waals surface area contributed by atoms with Crippen LogP contribution in [0.2, 0.25) is 0 Å². The maximum Gasteiger partial charge on any atom is 0.419 e. The molecule has 1 rings (SSSR count). The van der Waals surface area contributed by atoms with Gasteiger partial charge in [0.25, 0.3) is 0 Å². The molecule has 108 valence electrons. The quantitative estimate of drug-likeness (QED) is 0.816. The van der Waals surface area contributed by atoms with Crippen molar-refractivity contribution in [3.63, 3.8) is 0 Å². The first-order valence-electron chi connectivity index (χ1n) is 5.67. The average molecular weight is 280 g/mol. The van der Waals surface area contributed by atoms with E-state index in [4.69, 9.17) is 0 Å². The SMILES string of the molecule is CC(C)(C)C(O)C(O)c1ccc(F)c(C(F)(F)F)c1. The van der Waals surface area contributed by atoms with E-state index in [2.05, 4.69) is 0 Å². The van der Waals surface area contributed by atoms with Crippen LogP contribution in [0, 0.1) is 11.2 Å². The van der Waals surface area contributed by atoms with E-state index < -0.39 is 35.2 Å². The molecule has 2 atom stereocenters. The van der Waals surface area contributed by atoms with E-state index in [0.29, 0.717) is 12.1 Å². The fourth-order valence-corrected chi connectivity index (χ4v) is 1.60. The van der Waals surface area contributed by atoms with Crippen molar-refractivity contribution in [2.75, 3.05) is 0 Å². The number of hydrogen-bond donors (Lipinski definition) is 2. The van der Waals surface area contributed by atoms with Gasteiger partial charge in [0.1, 0.15) is 11.9 Å². The predicted octanol–water partition coefficient (Wildman–Crippen LogP) is 3.28. The normalized spacial score (nSPS) is 16.3. The molecule has 6 heteroatoms. The molecule has 1 aromatic rings. The Bertz CT molecular complexity index is 449. The zero-order valence-corrected chi connectivity index (χ0v) is 10.8. The van der Waals surface area contributed by atoms with Crippen molar-refractivity contribution in [2.45, 2.75) is 39.2 Å². The molecule has 0 saturated heterocycles. The van der Waals surface area contributed by atoms with Crippen molar-refractivity contribution < 1.29 is 27.8 Å². The number of aliphatic hydroxyl groups excluding tert-OH is 2. The summed E-state index contributed by atoms with van der Waals surface area (Å²) in [7, 11) is 0. The smallest absolute Gasteiger partial charge is 0.390 e. The Morgan fingerprint density at radius 2 is 1.58 bits per heavy atom. The molecule has 2 unspecified atom stereocenters. The number of benzene rings is 1. The number of alkyl halides is 3. The Hall–Kier alpha value is -1.14. The van der Waals surface area contributed by atoms with Crippen LogP contribution in [-0.4, -0.2) is 16.3 Å². The number of aliphatic hydroxyl groups is 2. The average Bonchev–Trinajstić information content (AvgIpc) is 2.25. The van der Waals surface area contributed by atoms with Crippen LogP contribution in [0.3, 0.4) is 0 Å². The summed E-state index contributed by atoms with van der Waals surface area (Å²) >= 11 is 0. The van der Waals surface area contributed by atoms with E-state index in [-0.39, 0.29) is 5.56 Å². The first-order valence-corrected chi connectivity index (χ1v) is 5.67. The van der Waals surface area contributed by atoms with Crippen molar-refractivity contribution in [2.24, 2.45) is 5.41 Å². The van der Waals surface area contributed by atoms with Crippen LogP contribution in [-0.2, 0) is 6.18 Å². The van der Waals surface area contributed by atoms with E-state index in [1.54, 1.807) is 20.8 Å². The van der Waals surface area contributed by atoms with Crippen LogP contribution < -0.4 is 0 Å². The molecule has 0 heterocycles. The molecule has 0 aliphatic carbocycles. The van der Waals surface area contributed by atoms with Gasteiger partial charge in [-0.1, -0.05) is 26.8 Å². The Morgan fingerprint density at radius 3 is 2.00 bits per heavy atom. The lowest BCUT2D eigenvalue weighted by molar-refractivity contribution is -0.140. The highest BCUT2D eigenvalue weighted by Crippen LogP contribution is 2.35. The zero-order valence-electron chi connectivity index (χ0n) is 10.8. The molecule has 0 aromatic heterocycles. The van der Waals surface area contributed by atoms with Crippen LogP contribution in [0.5, 0.6) is 0 Å². The summed E-state index contributed by atoms with van der Waals surface area (Å²) in [6, 6.07) is 2.19. The maximum absolute atomic E-state index is 13.1. The highest BCUT2D eigenvalue weighted by molar-refractivity contribution is 5.29. The predicted molar refractivity (Wildman–Crippen MR) is 61.8 cm³/mol. The van der Waals surface area contributed by atoms with Gasteiger partial charge in [-0.05, 0) is 23.1 Å². The van der Waals surface area contributed by atoms with Crippen molar-refractivity contribution in [1.82, 2.24) is 0 Å². The minimum Gasteiger partial charge on any atom is -0.390 e. The van der Waals surface area contributed by atoms with Gasteiger partial charge in [-0.25, -0.2) is 4.39 Å². The number of hydrogen-bond acceptors (Lipinski definition) is 2. The molecule has 0 saturated carbocycles. The Labute approximate surface area is 108 Å². The van der Waals surface area contributed by atoms with Crippen LogP contribution in [0.15, 0.2) is 18.2 Å². The number of halogens is 4. The minimum absolute atomic E-state index is 0.170. The molecular formula is C13H16F4O2. The maximum atomic E-state index is 13.1. The largest absolute Gasteiger partial charge is 0.419 e. The second kappa shape index (κ2) is 5.09. The Kier molecular flexibility index (Phi) is 4.27. The molecule has 19 heavy (non-hydrogen) atoms. The second-order valence-corrected chi connectivity index (χ2v) is 5.49. The summed E-state index contributed by atoms with van der Waals surface area (Å²) in [5, 5.41) is 19.7. The topological polar surface area (TPSA) is 40.5 Å². The van der Waals surface area contributed by atoms with Crippen LogP contribution in [0.4, 0.5) is 17.6 Å². The first kappa shape index (κ1) is 15.9. The number of rotatable bonds is 2. The van der Waals surface area contributed by atoms with Gasteiger partial charge in [-0.2, -0.15) is 13.2 Å². The lowest BCUT2D eigenvalue weighted by Crippen LogP contribution is -2.32. The highest BCUT2D eigenvalue weighted by Gasteiger charge is 2.36. The van der Waals surface area contributed by atoms with Gasteiger partial charge >= 0.3 is 6.18 Å². The van der Waals surface area contributed by atoms with E-state index >= 15 is 0 Å². The van der Waals surface area contributed by atoms with E-state index in [1.807, 2.05) is 0 Å². The van der Waals surface area contributed by atoms with Gasteiger partial charge in [-0.15, -0.1) is 0 Å². The minimum atomic E-state index is -4.84. The van der Waals surface area contributed by atoms with Crippen LogP contribution in [0.25, 0.3) is 0 Å². The summed E-state index contributed by atoms with van der Waals surface area (Å²) in [6.07, 6.45) is -7.62. The highest BCUT2D eigenvalue weighted by atomic mass is 19.4. The van der Waals surface area contributed by atoms with Gasteiger partial charge in [0.15, 0.2) is 0 Å². The molecule has 0 amide bonds. The summed E-state index contributed by atoms with van der Waals surface area (Å²) in [5.74, 6) is -1.41. The van der Waals surface area contributed by atoms with Gasteiger partial charge in [0.05, 0.1) is 11.7 Å². The third-order valence-electron chi connectivity index (χ3n) is 2.82. The fourth-order valence-electron chi connectivity index (χ4n) is 1.60. The molecule has 2 N–H and O–H groups in total. The summed E-state index contributed by atoms with van der Waals surface area (Å²) in [6.45, 7) is 4.90. The fraction of sp³-hybridized carbons (Fsp3) is 0.538. The third-order valence-corrected chi connectivity index (χ3v) is 2.82. The summed E-state index contributed by atoms with van der Waals surface area (Å²) < 4.78 is 50.7. The summed E-state index contributed by atoms with van der Waals surface area (Å²) in [5.41, 5.74) is -2.34. The van der Waals surface area contributed by atoms with Crippen LogP contribution in [0.1, 0.15) is 38.0 Å². The molecule has 0 aliphatic heterocycles. The van der Waals surface area contributed by atoms with E-state index in [1.165, 1.54) is 0 Å². The molecule has 1 aromatic carbocycles. The molecule has 0 bridgehead atoms. The van der Waals surface area contributed by atoms with E-state index in [9.17, 15) is 27.8 Å². The van der Waals surface area contributed by atoms with E-state index in [0.717, 1.165) is 6.07 Å². The van der Waals surface area contributed by atoms with Gasteiger partial charge in [0, 0.05) is 0 Å². The van der Waals surface area contributed by atoms with Gasteiger partial charge in [-0.3, -0.25) is 0 Å². The van der Waals surface area contributed by atoms with Gasteiger partial charge < -0.3 is 10.2 Å². The Balaban J connectivity index is 3.16. The second-order valence-electron chi connectivity index (χ2n) is 5.49. The zero-order chi connectivity index (χ0) is 15.0. The molecule has 0 fully saturated rings. The molecule has 0 radical (unpaired) electrons. The monoisotopic (exact) mass is 280 g/mol. The van der Waals surface area contributed by atoms with Gasteiger partial charge in [0.2, 0.25) is 0 Å². The molecular weight excluding hydrogens is 264 g/mol. The van der Waals surface area contributed by atoms with Crippen molar-refractivity contribution >= 4 is 0 Å². The molecule has 2 nitrogen and oxygen atoms in total. The van der Waals surface area contributed by atoms with Crippen LogP contribution >= 0.6 is 0 Å². The third kappa shape index (κ3) is 3.67. The first-order chi connectivity index (χ1) is 8.44. The lowest BCUT2D eigenvalue weighted by Gasteiger charge is -2.30.